The standard InChI is InChI=1S/C22H21N5O4/c1-31-21-8-7-15(9-17(21)13-26-14-18(12-24-26)27(29)30)11-23-25-22(28)20-10-19(20)16-5-3-2-4-6-16/h2-9,11-12,14,19-20H,10,13H2,1H3,(H,25,28)/b23-11+. The molecule has 1 aliphatic carbocycles. The molecule has 31 heavy (non-hydrogen) atoms. The van der Waals surface area contributed by atoms with Crippen LogP contribution in [0.15, 0.2) is 66.0 Å². The van der Waals surface area contributed by atoms with Gasteiger partial charge >= 0.3 is 5.69 Å². The number of nitrogens with one attached hydrogen (secondary N) is 1. The number of hydrazone groups is 1. The van der Waals surface area contributed by atoms with E-state index in [2.05, 4.69) is 15.6 Å². The number of aromatic nitrogens is 2. The van der Waals surface area contributed by atoms with E-state index < -0.39 is 4.92 Å². The van der Waals surface area contributed by atoms with E-state index in [4.69, 9.17) is 4.74 Å². The molecule has 158 valence electrons. The van der Waals surface area contributed by atoms with E-state index in [-0.39, 0.29) is 23.4 Å². The van der Waals surface area contributed by atoms with Crippen molar-refractivity contribution in [2.45, 2.75) is 18.9 Å². The number of nitrogens with zero attached hydrogens (tertiary/aromatic N) is 4. The molecule has 2 unspecified atom stereocenters. The minimum atomic E-state index is -0.491. The summed E-state index contributed by atoms with van der Waals surface area (Å²) in [5.74, 6) is 0.731. The highest BCUT2D eigenvalue weighted by Crippen LogP contribution is 2.47. The van der Waals surface area contributed by atoms with E-state index in [1.165, 1.54) is 22.6 Å². The molecule has 2 aromatic carbocycles. The van der Waals surface area contributed by atoms with Crippen molar-refractivity contribution in [3.8, 4) is 5.75 Å². The van der Waals surface area contributed by atoms with Crippen molar-refractivity contribution in [2.75, 3.05) is 7.11 Å². The fraction of sp³-hybridized carbons (Fsp3) is 0.227. The molecule has 4 rings (SSSR count). The van der Waals surface area contributed by atoms with Crippen LogP contribution in [0.3, 0.4) is 0 Å². The summed E-state index contributed by atoms with van der Waals surface area (Å²) >= 11 is 0. The van der Waals surface area contributed by atoms with Crippen LogP contribution in [0.25, 0.3) is 0 Å². The first-order valence-corrected chi connectivity index (χ1v) is 9.77. The Morgan fingerprint density at radius 2 is 2.16 bits per heavy atom. The van der Waals surface area contributed by atoms with Crippen LogP contribution in [0.2, 0.25) is 0 Å². The monoisotopic (exact) mass is 419 g/mol. The predicted molar refractivity (Wildman–Crippen MR) is 114 cm³/mol. The Kier molecular flexibility index (Phi) is 5.74. The molecule has 1 amide bonds. The molecule has 0 spiro atoms. The van der Waals surface area contributed by atoms with E-state index in [1.54, 1.807) is 19.4 Å². The average Bonchev–Trinajstić information content (AvgIpc) is 3.45. The summed E-state index contributed by atoms with van der Waals surface area (Å²) in [4.78, 5) is 22.7. The maximum absolute atomic E-state index is 12.3. The Hall–Kier alpha value is -4.01. The molecule has 1 saturated carbocycles. The minimum absolute atomic E-state index is 0.0541. The lowest BCUT2D eigenvalue weighted by Gasteiger charge is -2.09. The summed E-state index contributed by atoms with van der Waals surface area (Å²) in [5, 5.41) is 18.9. The highest BCUT2D eigenvalue weighted by Gasteiger charge is 2.43. The second kappa shape index (κ2) is 8.78. The van der Waals surface area contributed by atoms with Crippen molar-refractivity contribution in [3.63, 3.8) is 0 Å². The Bertz CT molecular complexity index is 1130. The zero-order valence-corrected chi connectivity index (χ0v) is 16.8. The molecule has 0 bridgehead atoms. The zero-order chi connectivity index (χ0) is 21.8. The van der Waals surface area contributed by atoms with Gasteiger partial charge < -0.3 is 4.74 Å². The highest BCUT2D eigenvalue weighted by atomic mass is 16.6. The molecule has 2 atom stereocenters. The summed E-state index contributed by atoms with van der Waals surface area (Å²) in [6.45, 7) is 0.298. The molecule has 9 nitrogen and oxygen atoms in total. The smallest absolute Gasteiger partial charge is 0.307 e. The van der Waals surface area contributed by atoms with Crippen LogP contribution < -0.4 is 10.2 Å². The first kappa shape index (κ1) is 20.3. The van der Waals surface area contributed by atoms with E-state index in [9.17, 15) is 14.9 Å². The van der Waals surface area contributed by atoms with Gasteiger partial charge in [0.05, 0.1) is 24.8 Å². The van der Waals surface area contributed by atoms with Gasteiger partial charge in [0.15, 0.2) is 0 Å². The summed E-state index contributed by atoms with van der Waals surface area (Å²) in [6.07, 6.45) is 4.95. The lowest BCUT2D eigenvalue weighted by Crippen LogP contribution is -2.20. The van der Waals surface area contributed by atoms with Crippen molar-refractivity contribution in [1.29, 1.82) is 0 Å². The van der Waals surface area contributed by atoms with Gasteiger partial charge in [-0.15, -0.1) is 0 Å². The van der Waals surface area contributed by atoms with Gasteiger partial charge in [0.25, 0.3) is 0 Å². The number of rotatable bonds is 8. The zero-order valence-electron chi connectivity index (χ0n) is 16.8. The minimum Gasteiger partial charge on any atom is -0.496 e. The number of carbonyl (C=O) groups is 1. The van der Waals surface area contributed by atoms with Crippen LogP contribution >= 0.6 is 0 Å². The number of amides is 1. The molecule has 0 aliphatic heterocycles. The summed E-state index contributed by atoms with van der Waals surface area (Å²) in [7, 11) is 1.55. The molecule has 1 aliphatic rings. The molecular weight excluding hydrogens is 398 g/mol. The van der Waals surface area contributed by atoms with Crippen LogP contribution in [0.1, 0.15) is 29.0 Å². The Labute approximate surface area is 178 Å². The van der Waals surface area contributed by atoms with Crippen LogP contribution in [-0.4, -0.2) is 33.9 Å². The summed E-state index contributed by atoms with van der Waals surface area (Å²) < 4.78 is 6.84. The number of ether oxygens (including phenoxy) is 1. The van der Waals surface area contributed by atoms with Gasteiger partial charge in [0, 0.05) is 11.5 Å². The van der Waals surface area contributed by atoms with Gasteiger partial charge in [-0.2, -0.15) is 10.2 Å². The highest BCUT2D eigenvalue weighted by molar-refractivity contribution is 5.85. The Morgan fingerprint density at radius 3 is 2.87 bits per heavy atom. The van der Waals surface area contributed by atoms with Crippen molar-refractivity contribution in [3.05, 3.63) is 87.7 Å². The van der Waals surface area contributed by atoms with Crippen molar-refractivity contribution >= 4 is 17.8 Å². The number of benzene rings is 2. The predicted octanol–water partition coefficient (Wildman–Crippen LogP) is 3.10. The number of hydrogen-bond acceptors (Lipinski definition) is 6. The first-order valence-electron chi connectivity index (χ1n) is 9.77. The van der Waals surface area contributed by atoms with Gasteiger partial charge in [-0.05, 0) is 41.7 Å². The molecule has 0 radical (unpaired) electrons. The van der Waals surface area contributed by atoms with Crippen LogP contribution in [0, 0.1) is 16.0 Å². The van der Waals surface area contributed by atoms with E-state index in [1.807, 2.05) is 42.5 Å². The number of carbonyl (C=O) groups excluding carboxylic acids is 1. The SMILES string of the molecule is COc1ccc(/C=N/NC(=O)C2CC2c2ccccc2)cc1Cn1cc([N+](=O)[O-])cn1. The van der Waals surface area contributed by atoms with Crippen LogP contribution in [0.5, 0.6) is 5.75 Å². The van der Waals surface area contributed by atoms with Crippen LogP contribution in [0.4, 0.5) is 5.69 Å². The molecule has 1 N–H and O–H groups in total. The lowest BCUT2D eigenvalue weighted by molar-refractivity contribution is -0.385. The third-order valence-electron chi connectivity index (χ3n) is 5.21. The first-order chi connectivity index (χ1) is 15.0. The van der Waals surface area contributed by atoms with Gasteiger partial charge in [-0.25, -0.2) is 5.43 Å². The van der Waals surface area contributed by atoms with Gasteiger partial charge in [-0.1, -0.05) is 30.3 Å². The maximum Gasteiger partial charge on any atom is 0.307 e. The van der Waals surface area contributed by atoms with E-state index in [0.717, 1.165) is 17.5 Å². The van der Waals surface area contributed by atoms with Gasteiger partial charge in [-0.3, -0.25) is 19.6 Å². The molecule has 1 heterocycles. The second-order valence-corrected chi connectivity index (χ2v) is 7.32. The summed E-state index contributed by atoms with van der Waals surface area (Å²) in [5.41, 5.74) is 5.25. The largest absolute Gasteiger partial charge is 0.496 e. The molecule has 1 fully saturated rings. The van der Waals surface area contributed by atoms with Crippen molar-refractivity contribution < 1.29 is 14.5 Å². The Balaban J connectivity index is 1.39. The van der Waals surface area contributed by atoms with E-state index >= 15 is 0 Å². The quantitative estimate of drug-likeness (QED) is 0.343. The fourth-order valence-corrected chi connectivity index (χ4v) is 3.52. The van der Waals surface area contributed by atoms with E-state index in [0.29, 0.717) is 12.3 Å². The van der Waals surface area contributed by atoms with Gasteiger partial charge in [0.2, 0.25) is 5.91 Å². The maximum atomic E-state index is 12.3. The van der Waals surface area contributed by atoms with Crippen molar-refractivity contribution in [1.82, 2.24) is 15.2 Å². The Morgan fingerprint density at radius 1 is 1.35 bits per heavy atom. The molecular formula is C22H21N5O4. The summed E-state index contributed by atoms with van der Waals surface area (Å²) in [6, 6.07) is 15.4. The lowest BCUT2D eigenvalue weighted by atomic mass is 10.1. The average molecular weight is 419 g/mol. The number of methoxy groups -OCH3 is 1. The fourth-order valence-electron chi connectivity index (χ4n) is 3.52. The van der Waals surface area contributed by atoms with Crippen LogP contribution in [-0.2, 0) is 11.3 Å². The number of nitro groups is 1. The molecule has 1 aromatic heterocycles. The third-order valence-corrected chi connectivity index (χ3v) is 5.21. The van der Waals surface area contributed by atoms with Gasteiger partial charge in [0.1, 0.15) is 18.1 Å². The number of hydrogen-bond donors (Lipinski definition) is 1. The normalized spacial score (nSPS) is 17.5. The third kappa shape index (κ3) is 4.77. The van der Waals surface area contributed by atoms with Crippen molar-refractivity contribution in [2.24, 2.45) is 11.0 Å². The topological polar surface area (TPSA) is 112 Å². The molecule has 9 heteroatoms. The molecule has 0 saturated heterocycles. The second-order valence-electron chi connectivity index (χ2n) is 7.32. The molecule has 3 aromatic rings.